The first kappa shape index (κ1) is 21.2. The van der Waals surface area contributed by atoms with Crippen LogP contribution in [0.4, 0.5) is 26.3 Å². The summed E-state index contributed by atoms with van der Waals surface area (Å²) in [5, 5.41) is 11.7. The number of halogens is 6. The number of rotatable bonds is 2. The molecular formula is C16H11F6N4O2-. The topological polar surface area (TPSA) is 91.3 Å². The number of alkyl halides is 6. The van der Waals surface area contributed by atoms with E-state index in [2.05, 4.69) is 10.1 Å². The van der Waals surface area contributed by atoms with E-state index in [0.717, 1.165) is 5.56 Å². The second-order valence-electron chi connectivity index (χ2n) is 5.29. The van der Waals surface area contributed by atoms with E-state index >= 15 is 0 Å². The highest BCUT2D eigenvalue weighted by molar-refractivity contribution is 5.86. The molecule has 0 unspecified atom stereocenters. The molecule has 2 N–H and O–H groups in total. The van der Waals surface area contributed by atoms with Crippen molar-refractivity contribution >= 4 is 11.6 Å². The Morgan fingerprint density at radius 2 is 1.64 bits per heavy atom. The van der Waals surface area contributed by atoms with Crippen LogP contribution in [0, 0.1) is 0 Å². The van der Waals surface area contributed by atoms with E-state index in [1.54, 1.807) is 0 Å². The largest absolute Gasteiger partial charge is 0.674 e. The average Bonchev–Trinajstić information content (AvgIpc) is 3.05. The highest BCUT2D eigenvalue weighted by Crippen LogP contribution is 2.34. The fourth-order valence-corrected chi connectivity index (χ4v) is 2.02. The van der Waals surface area contributed by atoms with Gasteiger partial charge in [-0.3, -0.25) is 0 Å². The molecule has 28 heavy (non-hydrogen) atoms. The Morgan fingerprint density at radius 1 is 1.04 bits per heavy atom. The molecule has 0 saturated heterocycles. The lowest BCUT2D eigenvalue weighted by Gasteiger charge is -2.12. The zero-order chi connectivity index (χ0) is 21.1. The van der Waals surface area contributed by atoms with Crippen molar-refractivity contribution in [1.29, 1.82) is 0 Å². The van der Waals surface area contributed by atoms with Crippen molar-refractivity contribution in [2.45, 2.75) is 18.9 Å². The van der Waals surface area contributed by atoms with Gasteiger partial charge in [0, 0.05) is 6.07 Å². The van der Waals surface area contributed by atoms with E-state index in [0.29, 0.717) is 12.6 Å². The Labute approximate surface area is 153 Å². The number of hydrogen-bond donors (Lipinski definition) is 1. The van der Waals surface area contributed by atoms with Crippen LogP contribution in [0.2, 0.25) is 0 Å². The molecule has 150 valence electrons. The minimum atomic E-state index is -5.15. The van der Waals surface area contributed by atoms with Gasteiger partial charge in [-0.2, -0.15) is 31.4 Å². The van der Waals surface area contributed by atoms with Gasteiger partial charge in [0.25, 0.3) is 0 Å². The van der Waals surface area contributed by atoms with E-state index in [1.165, 1.54) is 0 Å². The Bertz CT molecular complexity index is 967. The van der Waals surface area contributed by atoms with E-state index in [1.807, 2.05) is 30.3 Å². The van der Waals surface area contributed by atoms with Gasteiger partial charge in [-0.15, -0.1) is 6.54 Å². The highest BCUT2D eigenvalue weighted by Gasteiger charge is 2.40. The summed E-state index contributed by atoms with van der Waals surface area (Å²) < 4.78 is 75.5. The van der Waals surface area contributed by atoms with E-state index in [9.17, 15) is 31.1 Å². The van der Waals surface area contributed by atoms with Crippen LogP contribution in [0.3, 0.4) is 0 Å². The number of hydrogen-bond acceptors (Lipinski definition) is 3. The van der Waals surface area contributed by atoms with Crippen LogP contribution < -0.4 is 0 Å². The number of carboxylic acids is 1. The van der Waals surface area contributed by atoms with Crippen LogP contribution in [0.1, 0.15) is 27.4 Å². The zero-order valence-corrected chi connectivity index (χ0v) is 13.7. The fraction of sp³-hybridized carbons (Fsp3) is 0.188. The number of aromatic carboxylic acids is 1. The molecule has 0 aliphatic heterocycles. The maximum absolute atomic E-state index is 12.7. The summed E-state index contributed by atoms with van der Waals surface area (Å²) in [6.07, 6.45) is -10.3. The molecule has 2 aromatic heterocycles. The maximum Gasteiger partial charge on any atom is 0.433 e. The van der Waals surface area contributed by atoms with Gasteiger partial charge in [0.2, 0.25) is 0 Å². The number of carbonyl (C=O) groups is 1. The summed E-state index contributed by atoms with van der Waals surface area (Å²) in [5.41, 5.74) is 2.77. The lowest BCUT2D eigenvalue weighted by Crippen LogP contribution is -2.18. The Kier molecular flexibility index (Phi) is 5.92. The number of nitrogens with one attached hydrogen (secondary N) is 1. The summed E-state index contributed by atoms with van der Waals surface area (Å²) >= 11 is 0. The van der Waals surface area contributed by atoms with Crippen molar-refractivity contribution in [2.24, 2.45) is 0 Å². The molecule has 0 radical (unpaired) electrons. The molecule has 0 aliphatic carbocycles. The minimum absolute atomic E-state index is 0.0126. The number of nitrogens with zero attached hydrogens (tertiary/aromatic N) is 3. The molecule has 2 heterocycles. The maximum atomic E-state index is 12.7. The lowest BCUT2D eigenvalue weighted by molar-refractivity contribution is -0.148. The fourth-order valence-electron chi connectivity index (χ4n) is 2.02. The first-order chi connectivity index (χ1) is 12.9. The normalized spacial score (nSPS) is 11.8. The van der Waals surface area contributed by atoms with Crippen molar-refractivity contribution in [1.82, 2.24) is 14.6 Å². The molecule has 0 fully saturated rings. The molecule has 0 amide bonds. The van der Waals surface area contributed by atoms with Crippen LogP contribution in [0.25, 0.3) is 11.4 Å². The predicted octanol–water partition coefficient (Wildman–Crippen LogP) is 4.70. The van der Waals surface area contributed by atoms with Crippen LogP contribution in [-0.2, 0) is 18.9 Å². The van der Waals surface area contributed by atoms with Crippen LogP contribution in [-0.4, -0.2) is 25.7 Å². The third-order valence-corrected chi connectivity index (χ3v) is 3.27. The molecule has 0 bridgehead atoms. The molecular weight excluding hydrogens is 394 g/mol. The first-order valence-corrected chi connectivity index (χ1v) is 7.40. The zero-order valence-electron chi connectivity index (χ0n) is 13.7. The third-order valence-electron chi connectivity index (χ3n) is 3.27. The second kappa shape index (κ2) is 7.84. The summed E-state index contributed by atoms with van der Waals surface area (Å²) in [7, 11) is 0. The third kappa shape index (κ3) is 4.97. The quantitative estimate of drug-likeness (QED) is 0.626. The van der Waals surface area contributed by atoms with Crippen LogP contribution in [0.5, 0.6) is 0 Å². The second-order valence-corrected chi connectivity index (χ2v) is 5.29. The summed E-state index contributed by atoms with van der Waals surface area (Å²) in [4.78, 5) is 13.5. The van der Waals surface area contributed by atoms with Crippen molar-refractivity contribution in [3.8, 4) is 0 Å². The lowest BCUT2D eigenvalue weighted by atomic mass is 10.2. The molecule has 0 saturated carbocycles. The summed E-state index contributed by atoms with van der Waals surface area (Å²) in [5.74, 6) is -1.68. The van der Waals surface area contributed by atoms with E-state index in [4.69, 9.17) is 10.8 Å². The molecule has 3 aromatic rings. The molecule has 1 aromatic carbocycles. The number of fused-ring (bicyclic) bond motifs is 1. The molecule has 0 atom stereocenters. The first-order valence-electron chi connectivity index (χ1n) is 7.40. The standard InChI is InChI=1S/C9H3F6N3O2.C7H8N/c10-8(11,12)4-2-5(9(13,14)15)18-6(16-4)1-3(17-18)7(19)20;8-6-7-4-2-1-3-5-7/h1-2H,(H,19,20);1-5,8H,6H2/q;-1. The van der Waals surface area contributed by atoms with Gasteiger partial charge >= 0.3 is 18.3 Å². The van der Waals surface area contributed by atoms with Crippen molar-refractivity contribution in [3.63, 3.8) is 0 Å². The van der Waals surface area contributed by atoms with Gasteiger partial charge in [-0.25, -0.2) is 14.3 Å². The number of carboxylic acid groups (broad SMARTS) is 1. The van der Waals surface area contributed by atoms with Crippen molar-refractivity contribution in [3.05, 3.63) is 70.8 Å². The van der Waals surface area contributed by atoms with Gasteiger partial charge in [-0.1, -0.05) is 35.9 Å². The predicted molar refractivity (Wildman–Crippen MR) is 84.4 cm³/mol. The molecule has 3 rings (SSSR count). The van der Waals surface area contributed by atoms with Crippen LogP contribution in [0.15, 0.2) is 42.5 Å². The minimum Gasteiger partial charge on any atom is -0.674 e. The van der Waals surface area contributed by atoms with Crippen molar-refractivity contribution in [2.75, 3.05) is 0 Å². The molecule has 0 spiro atoms. The summed E-state index contributed by atoms with van der Waals surface area (Å²) in [6.45, 7) is 0.390. The van der Waals surface area contributed by atoms with E-state index in [-0.39, 0.29) is 10.6 Å². The SMILES string of the molecule is O=C(O)c1cc2nc(C(F)(F)F)cc(C(F)(F)F)n2n1.[NH-]Cc1ccccc1. The van der Waals surface area contributed by atoms with Crippen LogP contribution >= 0.6 is 0 Å². The molecule has 6 nitrogen and oxygen atoms in total. The number of aromatic nitrogens is 3. The average molecular weight is 405 g/mol. The van der Waals surface area contributed by atoms with Gasteiger partial charge in [0.05, 0.1) is 0 Å². The summed E-state index contributed by atoms with van der Waals surface area (Å²) in [6, 6.07) is 10.0. The van der Waals surface area contributed by atoms with E-state index < -0.39 is 41.1 Å². The molecule has 12 heteroatoms. The Hall–Kier alpha value is -3.15. The van der Waals surface area contributed by atoms with Gasteiger partial charge in [0.15, 0.2) is 17.0 Å². The molecule has 0 aliphatic rings. The highest BCUT2D eigenvalue weighted by atomic mass is 19.4. The smallest absolute Gasteiger partial charge is 0.433 e. The monoisotopic (exact) mass is 405 g/mol. The number of benzene rings is 1. The Balaban J connectivity index is 0.000000292. The Morgan fingerprint density at radius 3 is 2.07 bits per heavy atom. The van der Waals surface area contributed by atoms with Gasteiger partial charge < -0.3 is 10.8 Å². The van der Waals surface area contributed by atoms with Crippen molar-refractivity contribution < 1.29 is 36.2 Å². The van der Waals surface area contributed by atoms with Gasteiger partial charge in [-0.05, 0) is 6.07 Å². The van der Waals surface area contributed by atoms with Gasteiger partial charge in [0.1, 0.15) is 5.69 Å².